The minimum Gasteiger partial charge on any atom is -0.300 e. The zero-order valence-corrected chi connectivity index (χ0v) is 14.5. The molecular weight excluding hydrogens is 254 g/mol. The number of nitrogens with zero attached hydrogens (tertiary/aromatic N) is 1. The molecule has 0 aromatic rings. The summed E-state index contributed by atoms with van der Waals surface area (Å²) in [5.74, 6) is 0.788. The minimum absolute atomic E-state index is 0.239. The highest BCUT2D eigenvalue weighted by atomic mass is 15.2. The smallest absolute Gasteiger partial charge is 0.0177 e. The first-order valence-electron chi connectivity index (χ1n) is 8.78. The lowest BCUT2D eigenvalue weighted by Crippen LogP contribution is -2.47. The van der Waals surface area contributed by atoms with E-state index in [1.54, 1.807) is 0 Å². The number of likely N-dealkylation sites (tertiary alicyclic amines) is 1. The second-order valence-electron chi connectivity index (χ2n) is 7.16. The van der Waals surface area contributed by atoms with Gasteiger partial charge in [-0.3, -0.25) is 0 Å². The quantitative estimate of drug-likeness (QED) is 0.616. The van der Waals surface area contributed by atoms with E-state index in [0.717, 1.165) is 5.92 Å². The molecule has 1 heterocycles. The normalized spacial score (nSPS) is 25.2. The molecule has 0 aromatic heterocycles. The molecule has 1 heteroatoms. The molecule has 0 spiro atoms. The zero-order chi connectivity index (χ0) is 15.5. The van der Waals surface area contributed by atoms with Crippen LogP contribution in [-0.2, 0) is 0 Å². The highest BCUT2D eigenvalue weighted by Crippen LogP contribution is 2.46. The van der Waals surface area contributed by atoms with Crippen molar-refractivity contribution in [1.29, 1.82) is 0 Å². The van der Waals surface area contributed by atoms with Crippen molar-refractivity contribution in [3.63, 3.8) is 0 Å². The van der Waals surface area contributed by atoms with Crippen LogP contribution in [0.3, 0.4) is 0 Å². The van der Waals surface area contributed by atoms with Gasteiger partial charge in [-0.15, -0.1) is 0 Å². The lowest BCUT2D eigenvalue weighted by molar-refractivity contribution is 0.0920. The van der Waals surface area contributed by atoms with Gasteiger partial charge >= 0.3 is 0 Å². The van der Waals surface area contributed by atoms with Crippen molar-refractivity contribution in [3.8, 4) is 0 Å². The SMILES string of the molecule is C=C(C)C1(C2=CCCC=C2)CCN(C(C)C(C)CC)CC1. The van der Waals surface area contributed by atoms with Gasteiger partial charge in [0, 0.05) is 11.5 Å². The summed E-state index contributed by atoms with van der Waals surface area (Å²) in [4.78, 5) is 2.70. The van der Waals surface area contributed by atoms with Gasteiger partial charge in [0.15, 0.2) is 0 Å². The molecule has 1 aliphatic heterocycles. The third-order valence-corrected chi connectivity index (χ3v) is 6.06. The average molecular weight is 287 g/mol. The molecule has 0 amide bonds. The Morgan fingerprint density at radius 3 is 2.43 bits per heavy atom. The molecule has 118 valence electrons. The van der Waals surface area contributed by atoms with Crippen molar-refractivity contribution in [2.75, 3.05) is 13.1 Å². The molecule has 0 aromatic carbocycles. The van der Waals surface area contributed by atoms with Gasteiger partial charge in [0.25, 0.3) is 0 Å². The van der Waals surface area contributed by atoms with Crippen LogP contribution in [-0.4, -0.2) is 24.0 Å². The summed E-state index contributed by atoms with van der Waals surface area (Å²) in [5, 5.41) is 0. The van der Waals surface area contributed by atoms with Gasteiger partial charge in [-0.25, -0.2) is 0 Å². The topological polar surface area (TPSA) is 3.24 Å². The van der Waals surface area contributed by atoms with E-state index in [1.807, 2.05) is 0 Å². The van der Waals surface area contributed by atoms with Crippen LogP contribution < -0.4 is 0 Å². The minimum atomic E-state index is 0.239. The van der Waals surface area contributed by atoms with Crippen molar-refractivity contribution in [2.45, 2.75) is 65.8 Å². The number of rotatable bonds is 5. The van der Waals surface area contributed by atoms with E-state index in [2.05, 4.69) is 57.4 Å². The van der Waals surface area contributed by atoms with Gasteiger partial charge in [-0.1, -0.05) is 50.6 Å². The first-order chi connectivity index (χ1) is 10.0. The molecule has 1 nitrogen and oxygen atoms in total. The number of piperidine rings is 1. The summed E-state index contributed by atoms with van der Waals surface area (Å²) in [7, 11) is 0. The second kappa shape index (κ2) is 6.96. The van der Waals surface area contributed by atoms with E-state index < -0.39 is 0 Å². The van der Waals surface area contributed by atoms with Crippen molar-refractivity contribution >= 4 is 0 Å². The molecule has 2 unspecified atom stereocenters. The maximum atomic E-state index is 4.35. The van der Waals surface area contributed by atoms with E-state index in [0.29, 0.717) is 6.04 Å². The van der Waals surface area contributed by atoms with E-state index >= 15 is 0 Å². The number of hydrogen-bond acceptors (Lipinski definition) is 1. The molecule has 1 saturated heterocycles. The first-order valence-corrected chi connectivity index (χ1v) is 8.78. The fraction of sp³-hybridized carbons (Fsp3) is 0.700. The van der Waals surface area contributed by atoms with E-state index in [-0.39, 0.29) is 5.41 Å². The second-order valence-corrected chi connectivity index (χ2v) is 7.16. The average Bonchev–Trinajstić information content (AvgIpc) is 2.54. The Kier molecular flexibility index (Phi) is 5.48. The van der Waals surface area contributed by atoms with Crippen molar-refractivity contribution in [3.05, 3.63) is 36.0 Å². The molecule has 1 fully saturated rings. The van der Waals surface area contributed by atoms with Gasteiger partial charge < -0.3 is 4.90 Å². The predicted molar refractivity (Wildman–Crippen MR) is 93.4 cm³/mol. The maximum Gasteiger partial charge on any atom is 0.0177 e. The van der Waals surface area contributed by atoms with Crippen LogP contribution in [0.1, 0.15) is 59.8 Å². The molecule has 0 N–H and O–H groups in total. The van der Waals surface area contributed by atoms with E-state index in [1.165, 1.54) is 56.3 Å². The van der Waals surface area contributed by atoms with Crippen LogP contribution in [0, 0.1) is 11.3 Å². The first kappa shape index (κ1) is 16.5. The van der Waals surface area contributed by atoms with Crippen molar-refractivity contribution < 1.29 is 0 Å². The molecular formula is C20H33N. The molecule has 0 saturated carbocycles. The molecule has 2 atom stereocenters. The predicted octanol–water partition coefficient (Wildman–Crippen LogP) is 5.36. The van der Waals surface area contributed by atoms with Gasteiger partial charge in [0.05, 0.1) is 0 Å². The Morgan fingerprint density at radius 2 is 1.95 bits per heavy atom. The fourth-order valence-corrected chi connectivity index (χ4v) is 3.94. The van der Waals surface area contributed by atoms with Gasteiger partial charge in [0.2, 0.25) is 0 Å². The Bertz CT molecular complexity index is 421. The summed E-state index contributed by atoms with van der Waals surface area (Å²) in [6.07, 6.45) is 13.3. The molecule has 0 bridgehead atoms. The van der Waals surface area contributed by atoms with Crippen LogP contribution >= 0.6 is 0 Å². The molecule has 2 aliphatic rings. The summed E-state index contributed by atoms with van der Waals surface area (Å²) in [6.45, 7) is 16.1. The highest BCUT2D eigenvalue weighted by Gasteiger charge is 2.39. The van der Waals surface area contributed by atoms with Gasteiger partial charge in [0.1, 0.15) is 0 Å². The van der Waals surface area contributed by atoms with E-state index in [4.69, 9.17) is 0 Å². The lowest BCUT2D eigenvalue weighted by atomic mass is 9.66. The van der Waals surface area contributed by atoms with E-state index in [9.17, 15) is 0 Å². The summed E-state index contributed by atoms with van der Waals surface area (Å²) in [5.41, 5.74) is 3.14. The summed E-state index contributed by atoms with van der Waals surface area (Å²) >= 11 is 0. The third kappa shape index (κ3) is 3.34. The van der Waals surface area contributed by atoms with Gasteiger partial charge in [-0.05, 0) is 64.1 Å². The number of hydrogen-bond donors (Lipinski definition) is 0. The molecule has 0 radical (unpaired) electrons. The Morgan fingerprint density at radius 1 is 1.29 bits per heavy atom. The standard InChI is InChI=1S/C20H33N/c1-6-17(4)18(5)21-14-12-20(13-15-21,16(2)3)19-10-8-7-9-11-19/h8,10-11,17-18H,2,6-7,9,12-15H2,1,3-5H3. The largest absolute Gasteiger partial charge is 0.300 e. The molecule has 21 heavy (non-hydrogen) atoms. The monoisotopic (exact) mass is 287 g/mol. The highest BCUT2D eigenvalue weighted by molar-refractivity contribution is 5.37. The van der Waals surface area contributed by atoms with Crippen LogP contribution in [0.15, 0.2) is 36.0 Å². The Hall–Kier alpha value is -0.820. The van der Waals surface area contributed by atoms with Crippen molar-refractivity contribution in [1.82, 2.24) is 4.90 Å². The van der Waals surface area contributed by atoms with Crippen LogP contribution in [0.25, 0.3) is 0 Å². The number of allylic oxidation sites excluding steroid dienone is 5. The Labute approximate surface area is 131 Å². The summed E-state index contributed by atoms with van der Waals surface area (Å²) < 4.78 is 0. The lowest BCUT2D eigenvalue weighted by Gasteiger charge is -2.46. The Balaban J connectivity index is 2.10. The maximum absolute atomic E-state index is 4.35. The summed E-state index contributed by atoms with van der Waals surface area (Å²) in [6, 6.07) is 0.703. The van der Waals surface area contributed by atoms with Crippen LogP contribution in [0.5, 0.6) is 0 Å². The third-order valence-electron chi connectivity index (χ3n) is 6.06. The molecule has 2 rings (SSSR count). The van der Waals surface area contributed by atoms with Gasteiger partial charge in [-0.2, -0.15) is 0 Å². The fourth-order valence-electron chi connectivity index (χ4n) is 3.94. The van der Waals surface area contributed by atoms with Crippen molar-refractivity contribution in [2.24, 2.45) is 11.3 Å². The van der Waals surface area contributed by atoms with Crippen LogP contribution in [0.2, 0.25) is 0 Å². The zero-order valence-electron chi connectivity index (χ0n) is 14.5. The van der Waals surface area contributed by atoms with Crippen LogP contribution in [0.4, 0.5) is 0 Å². The molecule has 1 aliphatic carbocycles.